The number of H-pyrrole nitrogens is 1. The standard InChI is InChI=1S/C16H27N5O2/c1-11(2)14-18-15(20-19-14)13-7-3-4-8-21(13)16(22)17-12-6-5-9-23-10-12/h11-13H,3-10H2,1-2H3,(H,17,22)(H,18,19,20)/t12-,13+/m1/s1. The fourth-order valence-corrected chi connectivity index (χ4v) is 3.27. The van der Waals surface area contributed by atoms with Crippen molar-refractivity contribution < 1.29 is 9.53 Å². The number of likely N-dealkylation sites (tertiary alicyclic amines) is 1. The Morgan fingerprint density at radius 1 is 1.35 bits per heavy atom. The van der Waals surface area contributed by atoms with Gasteiger partial charge in [-0.15, -0.1) is 0 Å². The zero-order valence-corrected chi connectivity index (χ0v) is 14.0. The number of nitrogens with zero attached hydrogens (tertiary/aromatic N) is 3. The maximum atomic E-state index is 12.7. The van der Waals surface area contributed by atoms with Gasteiger partial charge >= 0.3 is 6.03 Å². The summed E-state index contributed by atoms with van der Waals surface area (Å²) in [6.07, 6.45) is 5.08. The molecule has 2 aliphatic rings. The Balaban J connectivity index is 1.68. The molecule has 2 aliphatic heterocycles. The summed E-state index contributed by atoms with van der Waals surface area (Å²) in [5.41, 5.74) is 0. The predicted molar refractivity (Wildman–Crippen MR) is 86.1 cm³/mol. The van der Waals surface area contributed by atoms with Crippen LogP contribution in [0.15, 0.2) is 0 Å². The second kappa shape index (κ2) is 7.29. The van der Waals surface area contributed by atoms with Crippen molar-refractivity contribution >= 4 is 6.03 Å². The highest BCUT2D eigenvalue weighted by molar-refractivity contribution is 5.75. The molecule has 0 radical (unpaired) electrons. The van der Waals surface area contributed by atoms with Gasteiger partial charge in [-0.05, 0) is 32.1 Å². The number of nitrogens with one attached hydrogen (secondary N) is 2. The smallest absolute Gasteiger partial charge is 0.318 e. The summed E-state index contributed by atoms with van der Waals surface area (Å²) in [7, 11) is 0. The van der Waals surface area contributed by atoms with Crippen LogP contribution in [0.25, 0.3) is 0 Å². The molecule has 0 bridgehead atoms. The van der Waals surface area contributed by atoms with Gasteiger partial charge in [0.25, 0.3) is 0 Å². The number of rotatable bonds is 3. The minimum absolute atomic E-state index is 0.00624. The first-order valence-corrected chi connectivity index (χ1v) is 8.72. The topological polar surface area (TPSA) is 83.1 Å². The predicted octanol–water partition coefficient (Wildman–Crippen LogP) is 2.34. The molecule has 0 unspecified atom stereocenters. The maximum Gasteiger partial charge on any atom is 0.318 e. The zero-order chi connectivity index (χ0) is 16.2. The number of aromatic nitrogens is 3. The third-order valence-electron chi connectivity index (χ3n) is 4.60. The number of carbonyl (C=O) groups is 1. The van der Waals surface area contributed by atoms with E-state index in [2.05, 4.69) is 34.3 Å². The summed E-state index contributed by atoms with van der Waals surface area (Å²) >= 11 is 0. The fraction of sp³-hybridized carbons (Fsp3) is 0.812. The first-order chi connectivity index (χ1) is 11.1. The van der Waals surface area contributed by atoms with E-state index in [-0.39, 0.29) is 24.0 Å². The van der Waals surface area contributed by atoms with Crippen LogP contribution in [0.1, 0.15) is 69.6 Å². The molecule has 1 aromatic rings. The Kier molecular flexibility index (Phi) is 5.15. The lowest BCUT2D eigenvalue weighted by atomic mass is 10.0. The molecule has 2 fully saturated rings. The molecule has 3 heterocycles. The molecule has 3 rings (SSSR count). The van der Waals surface area contributed by atoms with E-state index in [1.807, 2.05) is 4.90 Å². The van der Waals surface area contributed by atoms with Gasteiger partial charge in [0.05, 0.1) is 18.7 Å². The molecule has 2 atom stereocenters. The number of hydrogen-bond acceptors (Lipinski definition) is 4. The number of piperidine rings is 1. The molecule has 128 valence electrons. The van der Waals surface area contributed by atoms with E-state index in [0.717, 1.165) is 56.9 Å². The number of hydrogen-bond donors (Lipinski definition) is 2. The average Bonchev–Trinajstić information content (AvgIpc) is 3.06. The summed E-state index contributed by atoms with van der Waals surface area (Å²) in [6, 6.07) is 0.112. The van der Waals surface area contributed by atoms with Crippen molar-refractivity contribution in [2.45, 2.75) is 64.0 Å². The van der Waals surface area contributed by atoms with Gasteiger partial charge < -0.3 is 15.0 Å². The van der Waals surface area contributed by atoms with Gasteiger partial charge in [0.15, 0.2) is 5.82 Å². The van der Waals surface area contributed by atoms with E-state index in [4.69, 9.17) is 4.74 Å². The molecule has 1 aromatic heterocycles. The molecule has 0 aromatic carbocycles. The van der Waals surface area contributed by atoms with Crippen molar-refractivity contribution in [3.63, 3.8) is 0 Å². The van der Waals surface area contributed by atoms with E-state index in [1.165, 1.54) is 0 Å². The van der Waals surface area contributed by atoms with E-state index < -0.39 is 0 Å². The van der Waals surface area contributed by atoms with Gasteiger partial charge in [0, 0.05) is 19.1 Å². The molecule has 2 N–H and O–H groups in total. The van der Waals surface area contributed by atoms with Crippen LogP contribution in [0.5, 0.6) is 0 Å². The lowest BCUT2D eigenvalue weighted by Gasteiger charge is -2.36. The summed E-state index contributed by atoms with van der Waals surface area (Å²) in [4.78, 5) is 19.2. The first kappa shape index (κ1) is 16.2. The summed E-state index contributed by atoms with van der Waals surface area (Å²) in [5, 5.41) is 10.4. The maximum absolute atomic E-state index is 12.7. The van der Waals surface area contributed by atoms with Gasteiger partial charge in [-0.1, -0.05) is 13.8 Å². The number of urea groups is 1. The molecule has 2 saturated heterocycles. The highest BCUT2D eigenvalue weighted by Crippen LogP contribution is 2.29. The Hall–Kier alpha value is -1.63. The van der Waals surface area contributed by atoms with Gasteiger partial charge in [0.1, 0.15) is 5.82 Å². The Labute approximate surface area is 137 Å². The van der Waals surface area contributed by atoms with Crippen LogP contribution in [0, 0.1) is 0 Å². The second-order valence-electron chi connectivity index (χ2n) is 6.80. The Bertz CT molecular complexity index is 524. The van der Waals surface area contributed by atoms with Crippen LogP contribution in [0.2, 0.25) is 0 Å². The summed E-state index contributed by atoms with van der Waals surface area (Å²) < 4.78 is 5.45. The summed E-state index contributed by atoms with van der Waals surface area (Å²) in [5.74, 6) is 1.90. The minimum atomic E-state index is -0.00676. The van der Waals surface area contributed by atoms with Crippen LogP contribution in [0.4, 0.5) is 4.79 Å². The number of amides is 2. The van der Waals surface area contributed by atoms with E-state index in [1.54, 1.807) is 0 Å². The molecule has 23 heavy (non-hydrogen) atoms. The minimum Gasteiger partial charge on any atom is -0.379 e. The molecule has 2 amide bonds. The van der Waals surface area contributed by atoms with Gasteiger partial charge in [-0.2, -0.15) is 5.10 Å². The van der Waals surface area contributed by atoms with Crippen LogP contribution >= 0.6 is 0 Å². The van der Waals surface area contributed by atoms with Gasteiger partial charge in [-0.25, -0.2) is 9.78 Å². The molecular formula is C16H27N5O2. The third-order valence-corrected chi connectivity index (χ3v) is 4.60. The highest BCUT2D eigenvalue weighted by Gasteiger charge is 2.31. The second-order valence-corrected chi connectivity index (χ2v) is 6.80. The highest BCUT2D eigenvalue weighted by atomic mass is 16.5. The van der Waals surface area contributed by atoms with Gasteiger partial charge in [-0.3, -0.25) is 5.10 Å². The average molecular weight is 321 g/mol. The SMILES string of the molecule is CC(C)c1n[nH]c([C@@H]2CCCCN2C(=O)N[C@@H]2CCCOC2)n1. The van der Waals surface area contributed by atoms with Crippen molar-refractivity contribution in [2.75, 3.05) is 19.8 Å². The Morgan fingerprint density at radius 2 is 2.22 bits per heavy atom. The van der Waals surface area contributed by atoms with Crippen LogP contribution in [0.3, 0.4) is 0 Å². The molecule has 7 nitrogen and oxygen atoms in total. The molecule has 0 aliphatic carbocycles. The van der Waals surface area contributed by atoms with E-state index >= 15 is 0 Å². The first-order valence-electron chi connectivity index (χ1n) is 8.72. The van der Waals surface area contributed by atoms with Crippen molar-refractivity contribution in [2.24, 2.45) is 0 Å². The molecule has 0 saturated carbocycles. The zero-order valence-electron chi connectivity index (χ0n) is 14.0. The molecular weight excluding hydrogens is 294 g/mol. The van der Waals surface area contributed by atoms with Crippen molar-refractivity contribution in [1.82, 2.24) is 25.4 Å². The lowest BCUT2D eigenvalue weighted by molar-refractivity contribution is 0.0676. The number of aromatic amines is 1. The van der Waals surface area contributed by atoms with Crippen molar-refractivity contribution in [3.05, 3.63) is 11.6 Å². The van der Waals surface area contributed by atoms with Gasteiger partial charge in [0.2, 0.25) is 0 Å². The van der Waals surface area contributed by atoms with Crippen LogP contribution in [-0.2, 0) is 4.74 Å². The quantitative estimate of drug-likeness (QED) is 0.895. The van der Waals surface area contributed by atoms with E-state index in [0.29, 0.717) is 6.61 Å². The normalized spacial score (nSPS) is 25.6. The third kappa shape index (κ3) is 3.83. The number of ether oxygens (including phenoxy) is 1. The largest absolute Gasteiger partial charge is 0.379 e. The Morgan fingerprint density at radius 3 is 2.91 bits per heavy atom. The number of carbonyl (C=O) groups excluding carboxylic acids is 1. The van der Waals surface area contributed by atoms with Crippen molar-refractivity contribution in [1.29, 1.82) is 0 Å². The molecule has 0 spiro atoms. The monoisotopic (exact) mass is 321 g/mol. The van der Waals surface area contributed by atoms with E-state index in [9.17, 15) is 4.79 Å². The summed E-state index contributed by atoms with van der Waals surface area (Å²) in [6.45, 7) is 6.32. The lowest BCUT2D eigenvalue weighted by Crippen LogP contribution is -2.50. The van der Waals surface area contributed by atoms with Crippen molar-refractivity contribution in [3.8, 4) is 0 Å². The molecule has 7 heteroatoms. The van der Waals surface area contributed by atoms with Crippen LogP contribution < -0.4 is 5.32 Å². The fourth-order valence-electron chi connectivity index (χ4n) is 3.27. The van der Waals surface area contributed by atoms with Crippen LogP contribution in [-0.4, -0.2) is 51.9 Å².